The zero-order chi connectivity index (χ0) is 29.7. The lowest BCUT2D eigenvalue weighted by Crippen LogP contribution is -2.52. The molecule has 1 heterocycles. The molecule has 0 aliphatic rings. The number of amides is 1. The molecule has 2 aromatic rings. The van der Waals surface area contributed by atoms with Gasteiger partial charge in [-0.1, -0.05) is 5.21 Å². The molecule has 0 radical (unpaired) electrons. The Labute approximate surface area is 233 Å². The van der Waals surface area contributed by atoms with E-state index in [1.807, 2.05) is 0 Å². The van der Waals surface area contributed by atoms with Crippen molar-refractivity contribution in [1.82, 2.24) is 30.7 Å². The summed E-state index contributed by atoms with van der Waals surface area (Å²) in [6, 6.07) is 3.65. The van der Waals surface area contributed by atoms with Crippen LogP contribution >= 0.6 is 12.2 Å². The number of hydrogen-bond donors (Lipinski definition) is 6. The molecule has 40 heavy (non-hydrogen) atoms. The predicted octanol–water partition coefficient (Wildman–Crippen LogP) is 1.41. The number of alkyl halides is 1. The van der Waals surface area contributed by atoms with Crippen molar-refractivity contribution in [1.29, 1.82) is 0 Å². The van der Waals surface area contributed by atoms with Gasteiger partial charge in [-0.05, 0) is 75.0 Å². The standard InChI is InChI=1S/C24H31FN6O8S/c25-12-3-4-16-14-30(29-28-16)17-8-6-15(7-9-17)21(34)26-13-2-1-5-19(23(37)38)31(39)24(40)27-18(22(35)36)10-11-20(32)33/h6-9,14,18-19,39H,1-5,10-13H2,(H,26,34)(H,27,40)(H,32,33)(H,35,36)(H,37,38)/t18-,19-/m0/s1. The van der Waals surface area contributed by atoms with Gasteiger partial charge >= 0.3 is 17.9 Å². The number of carbonyl (C=O) groups is 4. The summed E-state index contributed by atoms with van der Waals surface area (Å²) in [5.74, 6) is -4.39. The third-order valence-electron chi connectivity index (χ3n) is 5.72. The molecule has 2 rings (SSSR count). The summed E-state index contributed by atoms with van der Waals surface area (Å²) in [6.07, 6.45) is 2.30. The van der Waals surface area contributed by atoms with E-state index in [4.69, 9.17) is 17.3 Å². The van der Waals surface area contributed by atoms with E-state index in [0.717, 1.165) is 0 Å². The van der Waals surface area contributed by atoms with Crippen LogP contribution in [0.25, 0.3) is 5.69 Å². The van der Waals surface area contributed by atoms with Crippen LogP contribution in [0.2, 0.25) is 0 Å². The summed E-state index contributed by atoms with van der Waals surface area (Å²) in [5, 5.41) is 50.3. The summed E-state index contributed by atoms with van der Waals surface area (Å²) in [6.45, 7) is -0.215. The minimum atomic E-state index is -1.49. The number of nitrogens with zero attached hydrogens (tertiary/aromatic N) is 4. The van der Waals surface area contributed by atoms with Crippen molar-refractivity contribution in [3.63, 3.8) is 0 Å². The van der Waals surface area contributed by atoms with E-state index < -0.39 is 48.2 Å². The molecule has 2 atom stereocenters. The highest BCUT2D eigenvalue weighted by atomic mass is 32.1. The van der Waals surface area contributed by atoms with Crippen molar-refractivity contribution in [2.45, 2.75) is 57.0 Å². The van der Waals surface area contributed by atoms with Crippen LogP contribution < -0.4 is 10.6 Å². The molecule has 0 spiro atoms. The van der Waals surface area contributed by atoms with Gasteiger partial charge in [0.2, 0.25) is 0 Å². The predicted molar refractivity (Wildman–Crippen MR) is 141 cm³/mol. The van der Waals surface area contributed by atoms with Crippen molar-refractivity contribution < 1.29 is 44.1 Å². The number of carbonyl (C=O) groups excluding carboxylic acids is 1. The topological polar surface area (TPSA) is 207 Å². The Morgan fingerprint density at radius 3 is 2.33 bits per heavy atom. The molecule has 16 heteroatoms. The lowest BCUT2D eigenvalue weighted by Gasteiger charge is -2.27. The van der Waals surface area contributed by atoms with Gasteiger partial charge in [0.25, 0.3) is 5.91 Å². The number of hydroxylamine groups is 2. The van der Waals surface area contributed by atoms with Crippen molar-refractivity contribution in [2.75, 3.05) is 13.2 Å². The van der Waals surface area contributed by atoms with Gasteiger partial charge in [0.05, 0.1) is 24.3 Å². The molecule has 6 N–H and O–H groups in total. The van der Waals surface area contributed by atoms with Crippen LogP contribution in [0.4, 0.5) is 4.39 Å². The Hall–Kier alpha value is -4.18. The van der Waals surface area contributed by atoms with Gasteiger partial charge in [-0.25, -0.2) is 19.3 Å². The molecular weight excluding hydrogens is 551 g/mol. The lowest BCUT2D eigenvalue weighted by atomic mass is 10.1. The quantitative estimate of drug-likeness (QED) is 0.0887. The summed E-state index contributed by atoms with van der Waals surface area (Å²) in [7, 11) is 0. The minimum absolute atomic E-state index is 0.0731. The molecule has 1 aromatic carbocycles. The number of aryl methyl sites for hydroxylation is 1. The number of benzene rings is 1. The number of aliphatic carboxylic acids is 3. The third-order valence-corrected chi connectivity index (χ3v) is 6.03. The fraction of sp³-hybridized carbons (Fsp3) is 0.458. The molecule has 0 aliphatic heterocycles. The van der Waals surface area contributed by atoms with E-state index in [9.17, 15) is 39.0 Å². The normalized spacial score (nSPS) is 12.2. The number of carboxylic acid groups (broad SMARTS) is 3. The first kappa shape index (κ1) is 32.0. The summed E-state index contributed by atoms with van der Waals surface area (Å²) >= 11 is 4.91. The van der Waals surface area contributed by atoms with E-state index in [-0.39, 0.29) is 36.8 Å². The first-order valence-corrected chi connectivity index (χ1v) is 12.8. The van der Waals surface area contributed by atoms with Crippen LogP contribution in [0.1, 0.15) is 54.6 Å². The monoisotopic (exact) mass is 582 g/mol. The highest BCUT2D eigenvalue weighted by molar-refractivity contribution is 7.80. The number of halogens is 1. The van der Waals surface area contributed by atoms with Crippen molar-refractivity contribution >= 4 is 41.1 Å². The molecule has 0 aliphatic carbocycles. The second-order valence-electron chi connectivity index (χ2n) is 8.72. The highest BCUT2D eigenvalue weighted by Gasteiger charge is 2.29. The van der Waals surface area contributed by atoms with Crippen molar-refractivity contribution in [2.24, 2.45) is 0 Å². The molecule has 0 fully saturated rings. The summed E-state index contributed by atoms with van der Waals surface area (Å²) in [5.41, 5.74) is 1.72. The largest absolute Gasteiger partial charge is 0.481 e. The van der Waals surface area contributed by atoms with Gasteiger partial charge in [-0.2, -0.15) is 0 Å². The Bertz CT molecular complexity index is 1180. The molecule has 1 aromatic heterocycles. The fourth-order valence-corrected chi connectivity index (χ4v) is 3.82. The van der Waals surface area contributed by atoms with E-state index in [1.54, 1.807) is 30.5 Å². The van der Waals surface area contributed by atoms with E-state index >= 15 is 0 Å². The van der Waals surface area contributed by atoms with Gasteiger partial charge in [0, 0.05) is 18.5 Å². The maximum Gasteiger partial charge on any atom is 0.329 e. The zero-order valence-corrected chi connectivity index (χ0v) is 22.2. The van der Waals surface area contributed by atoms with Crippen LogP contribution in [0.5, 0.6) is 0 Å². The maximum absolute atomic E-state index is 12.4. The zero-order valence-electron chi connectivity index (χ0n) is 21.4. The first-order valence-electron chi connectivity index (χ1n) is 12.3. The number of thiocarbonyl (C=S) groups is 1. The summed E-state index contributed by atoms with van der Waals surface area (Å²) in [4.78, 5) is 46.1. The number of carboxylic acids is 3. The highest BCUT2D eigenvalue weighted by Crippen LogP contribution is 2.12. The summed E-state index contributed by atoms with van der Waals surface area (Å²) < 4.78 is 13.8. The fourth-order valence-electron chi connectivity index (χ4n) is 3.55. The molecule has 14 nitrogen and oxygen atoms in total. The molecule has 0 unspecified atom stereocenters. The van der Waals surface area contributed by atoms with E-state index in [2.05, 4.69) is 20.9 Å². The molecule has 218 valence electrons. The average Bonchev–Trinajstić information content (AvgIpc) is 3.39. The first-order chi connectivity index (χ1) is 19.0. The second-order valence-corrected chi connectivity index (χ2v) is 9.10. The van der Waals surface area contributed by atoms with Crippen LogP contribution in [-0.4, -0.2) is 94.8 Å². The van der Waals surface area contributed by atoms with Gasteiger partial charge in [-0.3, -0.25) is 19.2 Å². The van der Waals surface area contributed by atoms with Crippen LogP contribution in [-0.2, 0) is 20.8 Å². The average molecular weight is 583 g/mol. The molecular formula is C24H31FN6O8S. The van der Waals surface area contributed by atoms with Crippen LogP contribution in [0.3, 0.4) is 0 Å². The number of hydrogen-bond acceptors (Lipinski definition) is 8. The molecule has 1 amide bonds. The Balaban J connectivity index is 1.80. The maximum atomic E-state index is 12.4. The SMILES string of the molecule is O=C(O)CC[C@H](NC(=S)N(O)[C@@H](CCCCNC(=O)c1ccc(-n2cc(CCCF)nn2)cc1)C(=O)O)C(=O)O. The second kappa shape index (κ2) is 16.0. The number of aromatic nitrogens is 3. The lowest BCUT2D eigenvalue weighted by molar-refractivity contribution is -0.154. The third kappa shape index (κ3) is 10.2. The number of nitrogens with one attached hydrogen (secondary N) is 2. The number of rotatable bonds is 17. The van der Waals surface area contributed by atoms with Gasteiger partial charge in [-0.15, -0.1) is 5.10 Å². The van der Waals surface area contributed by atoms with E-state index in [1.165, 1.54) is 4.68 Å². The van der Waals surface area contributed by atoms with Gasteiger partial charge in [0.1, 0.15) is 6.04 Å². The molecule has 0 bridgehead atoms. The molecule has 0 saturated heterocycles. The van der Waals surface area contributed by atoms with Crippen LogP contribution in [0, 0.1) is 0 Å². The van der Waals surface area contributed by atoms with E-state index in [0.29, 0.717) is 36.2 Å². The van der Waals surface area contributed by atoms with Gasteiger partial charge < -0.3 is 26.0 Å². The Morgan fingerprint density at radius 1 is 1.02 bits per heavy atom. The van der Waals surface area contributed by atoms with Crippen molar-refractivity contribution in [3.05, 3.63) is 41.7 Å². The molecule has 0 saturated carbocycles. The number of unbranched alkanes of at least 4 members (excludes halogenated alkanes) is 1. The van der Waals surface area contributed by atoms with Crippen LogP contribution in [0.15, 0.2) is 30.5 Å². The Kier molecular flexibility index (Phi) is 12.9. The van der Waals surface area contributed by atoms with Gasteiger partial charge in [0.15, 0.2) is 11.2 Å². The Morgan fingerprint density at radius 2 is 1.73 bits per heavy atom. The minimum Gasteiger partial charge on any atom is -0.481 e. The smallest absolute Gasteiger partial charge is 0.329 e. The van der Waals surface area contributed by atoms with Crippen molar-refractivity contribution in [3.8, 4) is 5.69 Å².